The average molecular weight is 289 g/mol. The van der Waals surface area contributed by atoms with Gasteiger partial charge in [0.1, 0.15) is 5.75 Å². The number of rotatable bonds is 5. The number of hydrogen-bond donors (Lipinski definition) is 1. The molecule has 0 bridgehead atoms. The Balaban J connectivity index is 2.35. The first kappa shape index (κ1) is 14.6. The fourth-order valence-corrected chi connectivity index (χ4v) is 1.75. The zero-order chi connectivity index (χ0) is 15.2. The number of hydrogen-bond acceptors (Lipinski definition) is 6. The summed E-state index contributed by atoms with van der Waals surface area (Å²) in [5.41, 5.74) is 0.306. The van der Waals surface area contributed by atoms with Crippen LogP contribution >= 0.6 is 0 Å². The molecule has 110 valence electrons. The van der Waals surface area contributed by atoms with E-state index in [0.29, 0.717) is 28.6 Å². The summed E-state index contributed by atoms with van der Waals surface area (Å²) in [5.74, 6) is 1.25. The number of carbonyl (C=O) groups is 1. The molecule has 2 aromatic rings. The van der Waals surface area contributed by atoms with Gasteiger partial charge in [0, 0.05) is 24.5 Å². The van der Waals surface area contributed by atoms with E-state index in [1.165, 1.54) is 39.9 Å². The van der Waals surface area contributed by atoms with E-state index in [1.807, 2.05) is 0 Å². The molecule has 1 aromatic heterocycles. The highest BCUT2D eigenvalue weighted by Crippen LogP contribution is 2.34. The minimum absolute atomic E-state index is 0.306. The van der Waals surface area contributed by atoms with Gasteiger partial charge >= 0.3 is 0 Å². The number of carbonyl (C=O) groups excluding carboxylic acids is 1. The van der Waals surface area contributed by atoms with Crippen LogP contribution in [-0.4, -0.2) is 37.2 Å². The van der Waals surface area contributed by atoms with Crippen molar-refractivity contribution in [2.45, 2.75) is 0 Å². The van der Waals surface area contributed by atoms with Gasteiger partial charge in [-0.2, -0.15) is 0 Å². The van der Waals surface area contributed by atoms with Gasteiger partial charge in [-0.05, 0) is 0 Å². The van der Waals surface area contributed by atoms with Gasteiger partial charge in [-0.15, -0.1) is 0 Å². The molecule has 1 amide bonds. The first-order chi connectivity index (χ1) is 10.2. The van der Waals surface area contributed by atoms with E-state index in [0.717, 1.165) is 0 Å². The molecule has 7 nitrogen and oxygen atoms in total. The second kappa shape index (κ2) is 6.56. The molecule has 7 heteroatoms. The zero-order valence-electron chi connectivity index (χ0n) is 11.9. The summed E-state index contributed by atoms with van der Waals surface area (Å²) >= 11 is 0. The van der Waals surface area contributed by atoms with Crippen molar-refractivity contribution in [2.75, 3.05) is 26.6 Å². The van der Waals surface area contributed by atoms with Crippen molar-refractivity contribution in [1.29, 1.82) is 0 Å². The fraction of sp³-hybridized carbons (Fsp3) is 0.214. The quantitative estimate of drug-likeness (QED) is 0.903. The molecule has 0 saturated heterocycles. The molecule has 21 heavy (non-hydrogen) atoms. The monoisotopic (exact) mass is 289 g/mol. The van der Waals surface area contributed by atoms with Gasteiger partial charge in [0.25, 0.3) is 5.91 Å². The average Bonchev–Trinajstić information content (AvgIpc) is 2.54. The van der Waals surface area contributed by atoms with Crippen LogP contribution in [0.2, 0.25) is 0 Å². The van der Waals surface area contributed by atoms with Gasteiger partial charge < -0.3 is 19.5 Å². The third-order valence-electron chi connectivity index (χ3n) is 2.76. The number of nitrogens with one attached hydrogen (secondary N) is 1. The largest absolute Gasteiger partial charge is 0.496 e. The molecule has 1 aromatic carbocycles. The van der Waals surface area contributed by atoms with Crippen LogP contribution in [0.25, 0.3) is 0 Å². The summed E-state index contributed by atoms with van der Waals surface area (Å²) in [7, 11) is 4.48. The Morgan fingerprint density at radius 3 is 2.24 bits per heavy atom. The maximum Gasteiger partial charge on any atom is 0.260 e. The molecular formula is C14H15N3O4. The van der Waals surface area contributed by atoms with Crippen molar-refractivity contribution in [3.63, 3.8) is 0 Å². The maximum absolute atomic E-state index is 12.3. The SMILES string of the molecule is COc1cc(OC)c(C(=O)Nc2cnccn2)cc1OC. The Morgan fingerprint density at radius 1 is 1.00 bits per heavy atom. The first-order valence-corrected chi connectivity index (χ1v) is 6.07. The van der Waals surface area contributed by atoms with Crippen molar-refractivity contribution in [3.8, 4) is 17.2 Å². The van der Waals surface area contributed by atoms with Crippen LogP contribution in [0.4, 0.5) is 5.82 Å². The topological polar surface area (TPSA) is 82.6 Å². The Hall–Kier alpha value is -2.83. The number of aromatic nitrogens is 2. The van der Waals surface area contributed by atoms with Crippen molar-refractivity contribution >= 4 is 11.7 Å². The molecule has 0 aliphatic rings. The highest BCUT2D eigenvalue weighted by molar-refractivity contribution is 6.06. The van der Waals surface area contributed by atoms with Crippen LogP contribution in [0.5, 0.6) is 17.2 Å². The summed E-state index contributed by atoms with van der Waals surface area (Å²) in [5, 5.41) is 2.63. The Bertz CT molecular complexity index is 632. The second-order valence-corrected chi connectivity index (χ2v) is 3.95. The summed E-state index contributed by atoms with van der Waals surface area (Å²) in [4.78, 5) is 20.2. The van der Waals surface area contributed by atoms with E-state index in [-0.39, 0.29) is 5.91 Å². The smallest absolute Gasteiger partial charge is 0.260 e. The van der Waals surface area contributed by atoms with Gasteiger partial charge in [0.15, 0.2) is 17.3 Å². The molecule has 0 fully saturated rings. The van der Waals surface area contributed by atoms with E-state index >= 15 is 0 Å². The molecule has 0 spiro atoms. The van der Waals surface area contributed by atoms with E-state index < -0.39 is 0 Å². The highest BCUT2D eigenvalue weighted by atomic mass is 16.5. The van der Waals surface area contributed by atoms with Crippen LogP contribution in [0.1, 0.15) is 10.4 Å². The number of ether oxygens (including phenoxy) is 3. The van der Waals surface area contributed by atoms with Gasteiger partial charge in [-0.25, -0.2) is 4.98 Å². The molecule has 0 radical (unpaired) electrons. The Kier molecular flexibility index (Phi) is 4.55. The highest BCUT2D eigenvalue weighted by Gasteiger charge is 2.18. The van der Waals surface area contributed by atoms with Crippen LogP contribution < -0.4 is 19.5 Å². The summed E-state index contributed by atoms with van der Waals surface area (Å²) in [6.07, 6.45) is 4.46. The Morgan fingerprint density at radius 2 is 1.67 bits per heavy atom. The predicted molar refractivity (Wildman–Crippen MR) is 76.1 cm³/mol. The van der Waals surface area contributed by atoms with Gasteiger partial charge in [-0.3, -0.25) is 9.78 Å². The summed E-state index contributed by atoms with van der Waals surface area (Å²) < 4.78 is 15.6. The normalized spacial score (nSPS) is 9.86. The zero-order valence-corrected chi connectivity index (χ0v) is 11.9. The number of nitrogens with zero attached hydrogens (tertiary/aromatic N) is 2. The summed E-state index contributed by atoms with van der Waals surface area (Å²) in [6, 6.07) is 3.13. The first-order valence-electron chi connectivity index (χ1n) is 6.07. The number of methoxy groups -OCH3 is 3. The molecule has 1 heterocycles. The molecule has 2 rings (SSSR count). The number of amides is 1. The van der Waals surface area contributed by atoms with Crippen molar-refractivity contribution < 1.29 is 19.0 Å². The second-order valence-electron chi connectivity index (χ2n) is 3.95. The van der Waals surface area contributed by atoms with Crippen LogP contribution in [-0.2, 0) is 0 Å². The third kappa shape index (κ3) is 3.19. The van der Waals surface area contributed by atoms with Gasteiger partial charge in [-0.1, -0.05) is 0 Å². The lowest BCUT2D eigenvalue weighted by Gasteiger charge is -2.13. The van der Waals surface area contributed by atoms with E-state index in [1.54, 1.807) is 12.1 Å². The maximum atomic E-state index is 12.3. The summed E-state index contributed by atoms with van der Waals surface area (Å²) in [6.45, 7) is 0. The number of anilines is 1. The standard InChI is InChI=1S/C14H15N3O4/c1-19-10-7-12(21-3)11(20-2)6-9(10)14(18)17-13-8-15-4-5-16-13/h4-8H,1-3H3,(H,16,17,18). The molecule has 0 atom stereocenters. The third-order valence-corrected chi connectivity index (χ3v) is 2.76. The molecule has 1 N–H and O–H groups in total. The van der Waals surface area contributed by atoms with E-state index in [2.05, 4.69) is 15.3 Å². The minimum Gasteiger partial charge on any atom is -0.496 e. The molecule has 0 saturated carbocycles. The molecule has 0 aliphatic heterocycles. The molecular weight excluding hydrogens is 274 g/mol. The van der Waals surface area contributed by atoms with Gasteiger partial charge in [0.2, 0.25) is 0 Å². The van der Waals surface area contributed by atoms with Crippen molar-refractivity contribution in [1.82, 2.24) is 9.97 Å². The fourth-order valence-electron chi connectivity index (χ4n) is 1.75. The Labute approximate surface area is 121 Å². The van der Waals surface area contributed by atoms with Crippen LogP contribution in [0.3, 0.4) is 0 Å². The molecule has 0 unspecified atom stereocenters. The lowest BCUT2D eigenvalue weighted by Crippen LogP contribution is -2.14. The van der Waals surface area contributed by atoms with E-state index in [4.69, 9.17) is 14.2 Å². The lowest BCUT2D eigenvalue weighted by atomic mass is 10.1. The minimum atomic E-state index is -0.381. The lowest BCUT2D eigenvalue weighted by molar-refractivity contribution is 0.102. The van der Waals surface area contributed by atoms with E-state index in [9.17, 15) is 4.79 Å². The van der Waals surface area contributed by atoms with Crippen molar-refractivity contribution in [3.05, 3.63) is 36.3 Å². The molecule has 0 aliphatic carbocycles. The van der Waals surface area contributed by atoms with Crippen molar-refractivity contribution in [2.24, 2.45) is 0 Å². The van der Waals surface area contributed by atoms with Crippen LogP contribution in [0, 0.1) is 0 Å². The van der Waals surface area contributed by atoms with Gasteiger partial charge in [0.05, 0.1) is 33.1 Å². The van der Waals surface area contributed by atoms with Crippen LogP contribution in [0.15, 0.2) is 30.7 Å². The number of benzene rings is 1. The predicted octanol–water partition coefficient (Wildman–Crippen LogP) is 1.75.